The van der Waals surface area contributed by atoms with E-state index in [9.17, 15) is 13.2 Å². The van der Waals surface area contributed by atoms with Crippen LogP contribution >= 0.6 is 15.9 Å². The van der Waals surface area contributed by atoms with Crippen LogP contribution in [-0.2, 0) is 19.6 Å². The van der Waals surface area contributed by atoms with Crippen LogP contribution in [0.3, 0.4) is 0 Å². The van der Waals surface area contributed by atoms with Gasteiger partial charge < -0.3 is 4.74 Å². The van der Waals surface area contributed by atoms with Gasteiger partial charge in [-0.05, 0) is 30.7 Å². The Morgan fingerprint density at radius 2 is 2.12 bits per heavy atom. The summed E-state index contributed by atoms with van der Waals surface area (Å²) in [6.07, 6.45) is 0. The Hall–Kier alpha value is -0.920. The van der Waals surface area contributed by atoms with Crippen LogP contribution in [0.4, 0.5) is 0 Å². The molecule has 0 saturated carbocycles. The van der Waals surface area contributed by atoms with Crippen LogP contribution < -0.4 is 4.72 Å². The smallest absolute Gasteiger partial charge is 0.320 e. The number of aryl methyl sites for hydroxylation is 1. The van der Waals surface area contributed by atoms with Crippen LogP contribution in [0, 0.1) is 6.92 Å². The number of hydrogen-bond donors (Lipinski definition) is 1. The molecule has 0 unspecified atom stereocenters. The van der Waals surface area contributed by atoms with E-state index < -0.39 is 16.0 Å². The van der Waals surface area contributed by atoms with E-state index in [1.165, 1.54) is 19.2 Å². The van der Waals surface area contributed by atoms with Gasteiger partial charge in [0.25, 0.3) is 0 Å². The molecular weight excluding hydrogens is 310 g/mol. The van der Waals surface area contributed by atoms with Crippen molar-refractivity contribution in [3.63, 3.8) is 0 Å². The van der Waals surface area contributed by atoms with Crippen molar-refractivity contribution in [2.24, 2.45) is 0 Å². The van der Waals surface area contributed by atoms with Gasteiger partial charge in [0.2, 0.25) is 10.0 Å². The number of rotatable bonds is 4. The van der Waals surface area contributed by atoms with Gasteiger partial charge in [-0.15, -0.1) is 0 Å². The Kier molecular flexibility index (Phi) is 4.67. The molecule has 17 heavy (non-hydrogen) atoms. The van der Waals surface area contributed by atoms with Gasteiger partial charge in [0, 0.05) is 4.47 Å². The van der Waals surface area contributed by atoms with Gasteiger partial charge in [-0.2, -0.15) is 4.72 Å². The Morgan fingerprint density at radius 3 is 2.65 bits per heavy atom. The standard InChI is InChI=1S/C10H12BrNO4S/c1-7-5-8(3-4-9(7)11)17(14,15)12-6-10(13)16-2/h3-5,12H,6H2,1-2H3. The molecule has 1 aromatic carbocycles. The monoisotopic (exact) mass is 321 g/mol. The third-order valence-electron chi connectivity index (χ3n) is 2.07. The highest BCUT2D eigenvalue weighted by Gasteiger charge is 2.16. The predicted octanol–water partition coefficient (Wildman–Crippen LogP) is 1.21. The van der Waals surface area contributed by atoms with Gasteiger partial charge in [0.05, 0.1) is 12.0 Å². The molecule has 0 spiro atoms. The largest absolute Gasteiger partial charge is 0.468 e. The molecule has 7 heteroatoms. The fourth-order valence-corrected chi connectivity index (χ4v) is 2.39. The van der Waals surface area contributed by atoms with Crippen molar-refractivity contribution in [1.29, 1.82) is 0 Å². The van der Waals surface area contributed by atoms with E-state index in [1.54, 1.807) is 13.0 Å². The van der Waals surface area contributed by atoms with Crippen molar-refractivity contribution in [3.8, 4) is 0 Å². The number of methoxy groups -OCH3 is 1. The summed E-state index contributed by atoms with van der Waals surface area (Å²) in [7, 11) is -2.48. The molecule has 1 aromatic rings. The average Bonchev–Trinajstić information content (AvgIpc) is 2.29. The highest BCUT2D eigenvalue weighted by Crippen LogP contribution is 2.19. The molecule has 0 fully saturated rings. The molecule has 5 nitrogen and oxygen atoms in total. The van der Waals surface area contributed by atoms with Crippen molar-refractivity contribution in [1.82, 2.24) is 4.72 Å². The molecule has 0 atom stereocenters. The summed E-state index contributed by atoms with van der Waals surface area (Å²) in [6, 6.07) is 4.61. The highest BCUT2D eigenvalue weighted by molar-refractivity contribution is 9.10. The van der Waals surface area contributed by atoms with Crippen LogP contribution in [0.25, 0.3) is 0 Å². The first-order valence-corrected chi connectivity index (χ1v) is 6.97. The molecule has 94 valence electrons. The first kappa shape index (κ1) is 14.1. The van der Waals surface area contributed by atoms with Crippen molar-refractivity contribution >= 4 is 31.9 Å². The summed E-state index contributed by atoms with van der Waals surface area (Å²) < 4.78 is 30.9. The van der Waals surface area contributed by atoms with Crippen molar-refractivity contribution < 1.29 is 17.9 Å². The minimum atomic E-state index is -3.68. The van der Waals surface area contributed by atoms with Crippen LogP contribution in [0.1, 0.15) is 5.56 Å². The van der Waals surface area contributed by atoms with Crippen LogP contribution in [0.5, 0.6) is 0 Å². The van der Waals surface area contributed by atoms with E-state index in [0.29, 0.717) is 0 Å². The minimum Gasteiger partial charge on any atom is -0.468 e. The Balaban J connectivity index is 2.90. The number of ether oxygens (including phenoxy) is 1. The number of carbonyl (C=O) groups excluding carboxylic acids is 1. The Morgan fingerprint density at radius 1 is 1.47 bits per heavy atom. The molecule has 0 aliphatic carbocycles. The van der Waals surface area contributed by atoms with Gasteiger partial charge in [0.1, 0.15) is 6.54 Å². The average molecular weight is 322 g/mol. The molecule has 0 bridgehead atoms. The van der Waals surface area contributed by atoms with E-state index >= 15 is 0 Å². The lowest BCUT2D eigenvalue weighted by Crippen LogP contribution is -2.30. The van der Waals surface area contributed by atoms with Gasteiger partial charge >= 0.3 is 5.97 Å². The van der Waals surface area contributed by atoms with Gasteiger partial charge in [-0.1, -0.05) is 15.9 Å². The maximum absolute atomic E-state index is 11.8. The van der Waals surface area contributed by atoms with Crippen molar-refractivity contribution in [2.45, 2.75) is 11.8 Å². The van der Waals surface area contributed by atoms with E-state index in [4.69, 9.17) is 0 Å². The minimum absolute atomic E-state index is 0.113. The van der Waals surface area contributed by atoms with E-state index in [-0.39, 0.29) is 11.4 Å². The first-order chi connectivity index (χ1) is 7.86. The first-order valence-electron chi connectivity index (χ1n) is 4.69. The van der Waals surface area contributed by atoms with Crippen LogP contribution in [-0.4, -0.2) is 28.0 Å². The second-order valence-corrected chi connectivity index (χ2v) is 5.93. The molecule has 0 radical (unpaired) electrons. The summed E-state index contributed by atoms with van der Waals surface area (Å²) in [5.41, 5.74) is 0.797. The zero-order valence-corrected chi connectivity index (χ0v) is 11.8. The van der Waals surface area contributed by atoms with E-state index in [0.717, 1.165) is 10.0 Å². The number of benzene rings is 1. The second-order valence-electron chi connectivity index (χ2n) is 3.31. The maximum atomic E-state index is 11.8. The lowest BCUT2D eigenvalue weighted by molar-refractivity contribution is -0.139. The number of hydrogen-bond acceptors (Lipinski definition) is 4. The summed E-state index contributed by atoms with van der Waals surface area (Å²) in [5.74, 6) is -0.637. The number of halogens is 1. The summed E-state index contributed by atoms with van der Waals surface area (Å²) in [5, 5.41) is 0. The lowest BCUT2D eigenvalue weighted by atomic mass is 10.2. The summed E-state index contributed by atoms with van der Waals surface area (Å²) in [4.78, 5) is 11.0. The van der Waals surface area contributed by atoms with Gasteiger partial charge in [0.15, 0.2) is 0 Å². The molecule has 1 rings (SSSR count). The molecule has 0 amide bonds. The quantitative estimate of drug-likeness (QED) is 0.846. The normalized spacial score (nSPS) is 11.2. The lowest BCUT2D eigenvalue weighted by Gasteiger charge is -2.07. The molecule has 1 N–H and O–H groups in total. The van der Waals surface area contributed by atoms with Crippen molar-refractivity contribution in [2.75, 3.05) is 13.7 Å². The third-order valence-corrected chi connectivity index (χ3v) is 4.36. The van der Waals surface area contributed by atoms with E-state index in [1.807, 2.05) is 0 Å². The Labute approximate surface area is 108 Å². The number of nitrogens with one attached hydrogen (secondary N) is 1. The molecule has 0 aliphatic rings. The molecule has 0 saturated heterocycles. The van der Waals surface area contributed by atoms with Crippen LogP contribution in [0.15, 0.2) is 27.6 Å². The zero-order valence-electron chi connectivity index (χ0n) is 9.36. The number of esters is 1. The summed E-state index contributed by atoms with van der Waals surface area (Å²) in [6.45, 7) is 1.40. The predicted molar refractivity (Wildman–Crippen MR) is 66.1 cm³/mol. The SMILES string of the molecule is COC(=O)CNS(=O)(=O)c1ccc(Br)c(C)c1. The molecular formula is C10H12BrNO4S. The fraction of sp³-hybridized carbons (Fsp3) is 0.300. The maximum Gasteiger partial charge on any atom is 0.320 e. The van der Waals surface area contributed by atoms with Gasteiger partial charge in [-0.25, -0.2) is 8.42 Å². The zero-order chi connectivity index (χ0) is 13.1. The third kappa shape index (κ3) is 3.79. The topological polar surface area (TPSA) is 72.5 Å². The van der Waals surface area contributed by atoms with Crippen molar-refractivity contribution in [3.05, 3.63) is 28.2 Å². The van der Waals surface area contributed by atoms with E-state index in [2.05, 4.69) is 25.4 Å². The highest BCUT2D eigenvalue weighted by atomic mass is 79.9. The molecule has 0 heterocycles. The Bertz CT molecular complexity index is 527. The summed E-state index contributed by atoms with van der Waals surface area (Å²) >= 11 is 3.28. The second kappa shape index (κ2) is 5.61. The molecule has 0 aliphatic heterocycles. The van der Waals surface area contributed by atoms with Gasteiger partial charge in [-0.3, -0.25) is 4.79 Å². The molecule has 0 aromatic heterocycles. The fourth-order valence-electron chi connectivity index (χ4n) is 1.09. The number of sulfonamides is 1. The number of carbonyl (C=O) groups is 1. The van der Waals surface area contributed by atoms with Crippen LogP contribution in [0.2, 0.25) is 0 Å².